The summed E-state index contributed by atoms with van der Waals surface area (Å²) in [5.74, 6) is 0.587. The summed E-state index contributed by atoms with van der Waals surface area (Å²) in [6, 6.07) is 0. The number of ether oxygens (including phenoxy) is 1. The lowest BCUT2D eigenvalue weighted by Crippen LogP contribution is -2.15. The van der Waals surface area contributed by atoms with E-state index in [-0.39, 0.29) is 0 Å². The number of epoxide rings is 1. The molecule has 11 heavy (non-hydrogen) atoms. The van der Waals surface area contributed by atoms with Crippen LogP contribution in [0.25, 0.3) is 0 Å². The zero-order chi connectivity index (χ0) is 8.01. The first-order chi connectivity index (χ1) is 5.20. The maximum absolute atomic E-state index is 5.53. The van der Waals surface area contributed by atoms with Crippen LogP contribution in [0.5, 0.6) is 0 Å². The highest BCUT2D eigenvalue weighted by atomic mass is 16.6. The number of allylic oxidation sites excluding steroid dienone is 1. The number of fused-ring (bicyclic) bond motifs is 1. The fourth-order valence-electron chi connectivity index (χ4n) is 1.84. The summed E-state index contributed by atoms with van der Waals surface area (Å²) < 4.78 is 5.53. The Morgan fingerprint density at radius 1 is 1.73 bits per heavy atom. The number of rotatable bonds is 1. The third-order valence-corrected chi connectivity index (χ3v) is 2.70. The van der Waals surface area contributed by atoms with Crippen molar-refractivity contribution in [2.24, 2.45) is 5.92 Å². The molecule has 0 unspecified atom stereocenters. The molecule has 0 aromatic rings. The molecular formula is C10H14O. The van der Waals surface area contributed by atoms with E-state index in [1.807, 2.05) is 0 Å². The molecule has 1 aliphatic heterocycles. The molecule has 60 valence electrons. The minimum absolute atomic E-state index is 0.436. The van der Waals surface area contributed by atoms with E-state index in [0.717, 1.165) is 6.42 Å². The number of hydrogen-bond donors (Lipinski definition) is 0. The van der Waals surface area contributed by atoms with Crippen molar-refractivity contribution in [2.45, 2.75) is 32.5 Å². The summed E-state index contributed by atoms with van der Waals surface area (Å²) in [7, 11) is 0. The lowest BCUT2D eigenvalue weighted by molar-refractivity contribution is 0.347. The molecule has 1 heterocycles. The minimum atomic E-state index is 0.436. The van der Waals surface area contributed by atoms with E-state index in [9.17, 15) is 0 Å². The van der Waals surface area contributed by atoms with Crippen LogP contribution < -0.4 is 0 Å². The van der Waals surface area contributed by atoms with Crippen molar-refractivity contribution in [3.8, 4) is 0 Å². The predicted molar refractivity (Wildman–Crippen MR) is 45.3 cm³/mol. The third-order valence-electron chi connectivity index (χ3n) is 2.70. The first-order valence-corrected chi connectivity index (χ1v) is 4.17. The average Bonchev–Trinajstić information content (AvgIpc) is 2.66. The van der Waals surface area contributed by atoms with Crippen LogP contribution in [0.1, 0.15) is 20.3 Å². The van der Waals surface area contributed by atoms with Gasteiger partial charge in [0.15, 0.2) is 0 Å². The fourth-order valence-corrected chi connectivity index (χ4v) is 1.84. The molecule has 0 spiro atoms. The summed E-state index contributed by atoms with van der Waals surface area (Å²) >= 11 is 0. The first-order valence-electron chi connectivity index (χ1n) is 4.17. The van der Waals surface area contributed by atoms with Crippen molar-refractivity contribution in [1.82, 2.24) is 0 Å². The Hall–Kier alpha value is -0.560. The molecule has 1 fully saturated rings. The molecule has 3 atom stereocenters. The first kappa shape index (κ1) is 7.11. The number of hydrogen-bond acceptors (Lipinski definition) is 1. The van der Waals surface area contributed by atoms with E-state index in [4.69, 9.17) is 4.74 Å². The molecule has 0 radical (unpaired) electrons. The summed E-state index contributed by atoms with van der Waals surface area (Å²) in [6.45, 7) is 8.22. The van der Waals surface area contributed by atoms with Crippen LogP contribution in [0.4, 0.5) is 0 Å². The fraction of sp³-hybridized carbons (Fsp3) is 0.600. The second kappa shape index (κ2) is 2.21. The van der Waals surface area contributed by atoms with Gasteiger partial charge in [-0.3, -0.25) is 0 Å². The van der Waals surface area contributed by atoms with Gasteiger partial charge in [-0.1, -0.05) is 18.2 Å². The van der Waals surface area contributed by atoms with Gasteiger partial charge in [-0.25, -0.2) is 0 Å². The van der Waals surface area contributed by atoms with Gasteiger partial charge >= 0.3 is 0 Å². The topological polar surface area (TPSA) is 12.5 Å². The van der Waals surface area contributed by atoms with Crippen molar-refractivity contribution in [3.05, 3.63) is 23.8 Å². The van der Waals surface area contributed by atoms with Gasteiger partial charge < -0.3 is 4.74 Å². The van der Waals surface area contributed by atoms with E-state index >= 15 is 0 Å². The van der Waals surface area contributed by atoms with Gasteiger partial charge in [0, 0.05) is 5.92 Å². The van der Waals surface area contributed by atoms with Gasteiger partial charge in [-0.05, 0) is 25.8 Å². The molecule has 1 heteroatoms. The van der Waals surface area contributed by atoms with Crippen LogP contribution in [0.2, 0.25) is 0 Å². The lowest BCUT2D eigenvalue weighted by atomic mass is 9.86. The maximum Gasteiger partial charge on any atom is 0.106 e. The van der Waals surface area contributed by atoms with Crippen LogP contribution in [0.15, 0.2) is 23.8 Å². The Labute approximate surface area is 67.7 Å². The van der Waals surface area contributed by atoms with Gasteiger partial charge in [-0.2, -0.15) is 0 Å². The van der Waals surface area contributed by atoms with E-state index in [2.05, 4.69) is 26.5 Å². The normalized spacial score (nSPS) is 40.9. The summed E-state index contributed by atoms with van der Waals surface area (Å²) in [4.78, 5) is 0. The average molecular weight is 150 g/mol. The van der Waals surface area contributed by atoms with E-state index in [0.29, 0.717) is 18.1 Å². The van der Waals surface area contributed by atoms with Crippen LogP contribution in [0.3, 0.4) is 0 Å². The van der Waals surface area contributed by atoms with Crippen molar-refractivity contribution in [1.29, 1.82) is 0 Å². The van der Waals surface area contributed by atoms with Crippen LogP contribution >= 0.6 is 0 Å². The molecule has 0 saturated carbocycles. The lowest BCUT2D eigenvalue weighted by Gasteiger charge is -2.16. The predicted octanol–water partition coefficient (Wildman–Crippen LogP) is 2.30. The van der Waals surface area contributed by atoms with Crippen molar-refractivity contribution in [3.63, 3.8) is 0 Å². The Balaban J connectivity index is 2.15. The van der Waals surface area contributed by atoms with Crippen molar-refractivity contribution in [2.75, 3.05) is 0 Å². The smallest absolute Gasteiger partial charge is 0.106 e. The molecule has 0 aromatic carbocycles. The summed E-state index contributed by atoms with van der Waals surface area (Å²) in [5.41, 5.74) is 2.67. The molecular weight excluding hydrogens is 136 g/mol. The molecule has 0 amide bonds. The van der Waals surface area contributed by atoms with E-state index < -0.39 is 0 Å². The van der Waals surface area contributed by atoms with Gasteiger partial charge in [-0.15, -0.1) is 0 Å². The van der Waals surface area contributed by atoms with E-state index in [1.54, 1.807) is 0 Å². The van der Waals surface area contributed by atoms with Crippen LogP contribution in [-0.4, -0.2) is 12.2 Å². The molecule has 1 saturated heterocycles. The highest BCUT2D eigenvalue weighted by Gasteiger charge is 2.47. The molecule has 1 aliphatic carbocycles. The van der Waals surface area contributed by atoms with Crippen LogP contribution in [-0.2, 0) is 4.74 Å². The highest BCUT2D eigenvalue weighted by Crippen LogP contribution is 2.43. The Morgan fingerprint density at radius 3 is 3.09 bits per heavy atom. The summed E-state index contributed by atoms with van der Waals surface area (Å²) in [6.07, 6.45) is 4.32. The minimum Gasteiger partial charge on any atom is -0.364 e. The standard InChI is InChI=1S/C10H14O/c1-6(2)8-5-4-7(3)9-10(8)11-9/h4,8-10H,1,5H2,2-3H3/t8-,9-,10+/m0/s1. The van der Waals surface area contributed by atoms with Gasteiger partial charge in [0.25, 0.3) is 0 Å². The molecule has 1 nitrogen and oxygen atoms in total. The van der Waals surface area contributed by atoms with Gasteiger partial charge in [0.1, 0.15) is 6.10 Å². The van der Waals surface area contributed by atoms with E-state index in [1.165, 1.54) is 11.1 Å². The highest BCUT2D eigenvalue weighted by molar-refractivity contribution is 5.25. The summed E-state index contributed by atoms with van der Waals surface area (Å²) in [5, 5.41) is 0. The zero-order valence-electron chi connectivity index (χ0n) is 7.13. The van der Waals surface area contributed by atoms with Gasteiger partial charge in [0.05, 0.1) is 6.10 Å². The third kappa shape index (κ3) is 1.04. The van der Waals surface area contributed by atoms with Crippen molar-refractivity contribution >= 4 is 0 Å². The molecule has 2 aliphatic rings. The van der Waals surface area contributed by atoms with Gasteiger partial charge in [0.2, 0.25) is 0 Å². The Kier molecular flexibility index (Phi) is 1.43. The van der Waals surface area contributed by atoms with Crippen molar-refractivity contribution < 1.29 is 4.74 Å². The maximum atomic E-state index is 5.53. The Bertz CT molecular complexity index is 227. The Morgan fingerprint density at radius 2 is 2.45 bits per heavy atom. The second-order valence-electron chi connectivity index (χ2n) is 3.66. The molecule has 0 aromatic heterocycles. The zero-order valence-corrected chi connectivity index (χ0v) is 7.13. The SMILES string of the molecule is C=C(C)[C@@H]1CC=C(C)[C@@H]2O[C@H]12. The molecule has 0 N–H and O–H groups in total. The molecule has 0 bridgehead atoms. The quantitative estimate of drug-likeness (QED) is 0.412. The monoisotopic (exact) mass is 150 g/mol. The second-order valence-corrected chi connectivity index (χ2v) is 3.66. The molecule has 2 rings (SSSR count). The largest absolute Gasteiger partial charge is 0.364 e. The van der Waals surface area contributed by atoms with Crippen LogP contribution in [0, 0.1) is 5.92 Å².